The van der Waals surface area contributed by atoms with Crippen LogP contribution in [-0.2, 0) is 11.3 Å². The van der Waals surface area contributed by atoms with E-state index in [9.17, 15) is 4.39 Å². The molecule has 1 aliphatic heterocycles. The molecule has 1 atom stereocenters. The summed E-state index contributed by atoms with van der Waals surface area (Å²) < 4.78 is 19.4. The maximum absolute atomic E-state index is 13.9. The van der Waals surface area contributed by atoms with Gasteiger partial charge >= 0.3 is 0 Å². The summed E-state index contributed by atoms with van der Waals surface area (Å²) in [6, 6.07) is 4.69. The first-order chi connectivity index (χ1) is 9.06. The van der Waals surface area contributed by atoms with E-state index in [0.29, 0.717) is 17.7 Å². The molecule has 104 valence electrons. The van der Waals surface area contributed by atoms with Gasteiger partial charge in [0.05, 0.1) is 6.10 Å². The van der Waals surface area contributed by atoms with Crippen molar-refractivity contribution in [2.75, 3.05) is 20.2 Å². The predicted octanol–water partition coefficient (Wildman–Crippen LogP) is 1.72. The molecule has 0 spiro atoms. The van der Waals surface area contributed by atoms with E-state index in [4.69, 9.17) is 15.9 Å². The maximum Gasteiger partial charge on any atom is 0.128 e. The number of hydrogen-bond donors (Lipinski definition) is 2. The lowest BCUT2D eigenvalue weighted by atomic mass is 10.1. The quantitative estimate of drug-likeness (QED) is 0.629. The van der Waals surface area contributed by atoms with E-state index in [1.807, 2.05) is 7.05 Å². The molecule has 1 aromatic carbocycles. The minimum atomic E-state index is -0.313. The van der Waals surface area contributed by atoms with E-state index in [-0.39, 0.29) is 17.8 Å². The molecule has 1 fully saturated rings. The number of nitrogens with zero attached hydrogens (tertiary/aromatic N) is 1. The molecule has 1 saturated heterocycles. The molecule has 0 radical (unpaired) electrons. The molecule has 0 aliphatic carbocycles. The summed E-state index contributed by atoms with van der Waals surface area (Å²) in [4.78, 5) is 2.06. The second kappa shape index (κ2) is 6.12. The zero-order valence-corrected chi connectivity index (χ0v) is 11.2. The number of nitrogens with one attached hydrogen (secondary N) is 1. The Morgan fingerprint density at radius 1 is 1.58 bits per heavy atom. The summed E-state index contributed by atoms with van der Waals surface area (Å²) in [6.07, 6.45) is 2.46. The van der Waals surface area contributed by atoms with Gasteiger partial charge in [0, 0.05) is 30.8 Å². The highest BCUT2D eigenvalue weighted by atomic mass is 19.1. The maximum atomic E-state index is 13.9. The summed E-state index contributed by atoms with van der Waals surface area (Å²) in [5, 5.41) is 7.28. The van der Waals surface area contributed by atoms with Crippen LogP contribution in [0.4, 0.5) is 4.39 Å². The number of likely N-dealkylation sites (N-methyl/N-ethyl adjacent to an activating group) is 1. The fraction of sp³-hybridized carbons (Fsp3) is 0.500. The highest BCUT2D eigenvalue weighted by Crippen LogP contribution is 2.16. The van der Waals surface area contributed by atoms with E-state index >= 15 is 0 Å². The Hall–Kier alpha value is -1.46. The van der Waals surface area contributed by atoms with Crippen LogP contribution in [0.25, 0.3) is 0 Å². The summed E-state index contributed by atoms with van der Waals surface area (Å²) in [7, 11) is 1.96. The zero-order chi connectivity index (χ0) is 13.8. The van der Waals surface area contributed by atoms with Gasteiger partial charge in [0.2, 0.25) is 0 Å². The van der Waals surface area contributed by atoms with Crippen molar-refractivity contribution in [1.82, 2.24) is 4.90 Å². The Morgan fingerprint density at radius 2 is 2.37 bits per heavy atom. The largest absolute Gasteiger partial charge is 0.384 e. The van der Waals surface area contributed by atoms with Gasteiger partial charge in [-0.3, -0.25) is 10.3 Å². The minimum Gasteiger partial charge on any atom is -0.384 e. The topological polar surface area (TPSA) is 62.3 Å². The van der Waals surface area contributed by atoms with Crippen LogP contribution in [0.15, 0.2) is 18.2 Å². The molecule has 0 amide bonds. The molecule has 19 heavy (non-hydrogen) atoms. The van der Waals surface area contributed by atoms with Crippen molar-refractivity contribution in [1.29, 1.82) is 5.41 Å². The summed E-state index contributed by atoms with van der Waals surface area (Å²) >= 11 is 0. The molecule has 0 saturated carbocycles. The highest BCUT2D eigenvalue weighted by molar-refractivity contribution is 5.94. The molecule has 0 aromatic heterocycles. The fourth-order valence-electron chi connectivity index (χ4n) is 2.33. The molecular formula is C14H20FN3O. The van der Waals surface area contributed by atoms with Gasteiger partial charge in [-0.05, 0) is 26.0 Å². The number of benzene rings is 1. The number of hydrogen-bond acceptors (Lipinski definition) is 3. The number of rotatable bonds is 5. The van der Waals surface area contributed by atoms with Gasteiger partial charge in [-0.1, -0.05) is 12.1 Å². The van der Waals surface area contributed by atoms with Gasteiger partial charge in [0.25, 0.3) is 0 Å². The third kappa shape index (κ3) is 3.75. The molecule has 1 unspecified atom stereocenters. The Labute approximate surface area is 112 Å². The number of nitrogen functional groups attached to an aromatic ring is 1. The first kappa shape index (κ1) is 14.0. The molecule has 2 rings (SSSR count). The lowest BCUT2D eigenvalue weighted by Crippen LogP contribution is -2.28. The van der Waals surface area contributed by atoms with Crippen LogP contribution in [0.3, 0.4) is 0 Å². The lowest BCUT2D eigenvalue weighted by Gasteiger charge is -2.20. The monoisotopic (exact) mass is 265 g/mol. The molecule has 3 N–H and O–H groups in total. The molecule has 0 bridgehead atoms. The van der Waals surface area contributed by atoms with E-state index in [1.165, 1.54) is 6.07 Å². The van der Waals surface area contributed by atoms with Crippen molar-refractivity contribution in [3.8, 4) is 0 Å². The number of ether oxygens (including phenoxy) is 1. The summed E-state index contributed by atoms with van der Waals surface area (Å²) in [5.74, 6) is -0.426. The Morgan fingerprint density at radius 3 is 2.95 bits per heavy atom. The SMILES string of the molecule is CN(Cc1ccc(C(=N)N)cc1F)CC1CCCO1. The van der Waals surface area contributed by atoms with Gasteiger partial charge in [-0.15, -0.1) is 0 Å². The van der Waals surface area contributed by atoms with Gasteiger partial charge in [0.1, 0.15) is 11.7 Å². The van der Waals surface area contributed by atoms with Crippen molar-refractivity contribution in [2.45, 2.75) is 25.5 Å². The Kier molecular flexibility index (Phi) is 4.50. The van der Waals surface area contributed by atoms with Crippen molar-refractivity contribution in [3.05, 3.63) is 35.1 Å². The van der Waals surface area contributed by atoms with Crippen LogP contribution in [0.2, 0.25) is 0 Å². The van der Waals surface area contributed by atoms with E-state index in [1.54, 1.807) is 12.1 Å². The number of nitrogens with two attached hydrogens (primary N) is 1. The van der Waals surface area contributed by atoms with Gasteiger partial charge in [-0.2, -0.15) is 0 Å². The fourth-order valence-corrected chi connectivity index (χ4v) is 2.33. The molecule has 1 aromatic rings. The van der Waals surface area contributed by atoms with Crippen LogP contribution in [0.1, 0.15) is 24.0 Å². The number of halogens is 1. The zero-order valence-electron chi connectivity index (χ0n) is 11.2. The minimum absolute atomic E-state index is 0.113. The van der Waals surface area contributed by atoms with Gasteiger partial charge < -0.3 is 10.5 Å². The summed E-state index contributed by atoms with van der Waals surface area (Å²) in [5.41, 5.74) is 6.37. The normalized spacial score (nSPS) is 19.0. The summed E-state index contributed by atoms with van der Waals surface area (Å²) in [6.45, 7) is 2.18. The lowest BCUT2D eigenvalue weighted by molar-refractivity contribution is 0.0790. The van der Waals surface area contributed by atoms with Crippen molar-refractivity contribution in [2.24, 2.45) is 5.73 Å². The second-order valence-electron chi connectivity index (χ2n) is 5.05. The van der Waals surface area contributed by atoms with Crippen LogP contribution in [0, 0.1) is 11.2 Å². The smallest absolute Gasteiger partial charge is 0.128 e. The van der Waals surface area contributed by atoms with Crippen molar-refractivity contribution in [3.63, 3.8) is 0 Å². The first-order valence-corrected chi connectivity index (χ1v) is 6.49. The van der Waals surface area contributed by atoms with Crippen LogP contribution in [-0.4, -0.2) is 37.0 Å². The average Bonchev–Trinajstić information content (AvgIpc) is 2.84. The second-order valence-corrected chi connectivity index (χ2v) is 5.05. The van der Waals surface area contributed by atoms with Gasteiger partial charge in [0.15, 0.2) is 0 Å². The molecule has 1 heterocycles. The Balaban J connectivity index is 1.96. The van der Waals surface area contributed by atoms with Crippen molar-refractivity contribution >= 4 is 5.84 Å². The van der Waals surface area contributed by atoms with E-state index < -0.39 is 0 Å². The molecule has 5 heteroatoms. The van der Waals surface area contributed by atoms with Crippen molar-refractivity contribution < 1.29 is 9.13 Å². The third-order valence-corrected chi connectivity index (χ3v) is 3.34. The van der Waals surface area contributed by atoms with Gasteiger partial charge in [-0.25, -0.2) is 4.39 Å². The van der Waals surface area contributed by atoms with E-state index in [0.717, 1.165) is 26.0 Å². The third-order valence-electron chi connectivity index (χ3n) is 3.34. The average molecular weight is 265 g/mol. The van der Waals surface area contributed by atoms with Crippen LogP contribution >= 0.6 is 0 Å². The Bertz CT molecular complexity index is 458. The highest BCUT2D eigenvalue weighted by Gasteiger charge is 2.18. The van der Waals surface area contributed by atoms with Crippen LogP contribution in [0.5, 0.6) is 0 Å². The standard InChI is InChI=1S/C14H20FN3O/c1-18(9-12-3-2-6-19-12)8-11-5-4-10(14(16)17)7-13(11)15/h4-5,7,12H,2-3,6,8-9H2,1H3,(H3,16,17). The first-order valence-electron chi connectivity index (χ1n) is 6.49. The number of amidine groups is 1. The molecular weight excluding hydrogens is 245 g/mol. The van der Waals surface area contributed by atoms with E-state index in [2.05, 4.69) is 4.90 Å². The predicted molar refractivity (Wildman–Crippen MR) is 72.7 cm³/mol. The molecule has 4 nitrogen and oxygen atoms in total. The molecule has 1 aliphatic rings. The van der Waals surface area contributed by atoms with Crippen LogP contribution < -0.4 is 5.73 Å².